The Morgan fingerprint density at radius 1 is 1.19 bits per heavy atom. The fraction of sp³-hybridized carbons (Fsp3) is 0.208. The zero-order valence-electron chi connectivity index (χ0n) is 19.5. The summed E-state index contributed by atoms with van der Waals surface area (Å²) in [5.41, 5.74) is 6.05. The number of rotatable bonds is 10. The van der Waals surface area contributed by atoms with E-state index in [-0.39, 0.29) is 35.3 Å². The minimum Gasteiger partial charge on any atom is -0.497 e. The van der Waals surface area contributed by atoms with E-state index in [1.165, 1.54) is 31.6 Å². The Morgan fingerprint density at radius 3 is 2.51 bits per heavy atom. The number of benzene rings is 2. The van der Waals surface area contributed by atoms with E-state index in [1.807, 2.05) is 0 Å². The number of hydrogen-bond donors (Lipinski definition) is 3. The average Bonchev–Trinajstić information content (AvgIpc) is 3.28. The Hall–Kier alpha value is -4.68. The van der Waals surface area contributed by atoms with Crippen molar-refractivity contribution < 1.29 is 22.6 Å². The third-order valence-electron chi connectivity index (χ3n) is 5.43. The van der Waals surface area contributed by atoms with Crippen LogP contribution >= 0.6 is 0 Å². The van der Waals surface area contributed by atoms with E-state index in [2.05, 4.69) is 20.1 Å². The van der Waals surface area contributed by atoms with Gasteiger partial charge in [-0.05, 0) is 24.1 Å². The van der Waals surface area contributed by atoms with Crippen molar-refractivity contribution in [1.29, 1.82) is 5.41 Å². The van der Waals surface area contributed by atoms with E-state index in [4.69, 9.17) is 20.6 Å². The van der Waals surface area contributed by atoms with E-state index in [0.29, 0.717) is 11.1 Å². The number of H-pyrrole nitrogens is 1. The van der Waals surface area contributed by atoms with Gasteiger partial charge in [0, 0.05) is 29.6 Å². The van der Waals surface area contributed by atoms with Gasteiger partial charge in [0.15, 0.2) is 11.6 Å². The third-order valence-corrected chi connectivity index (χ3v) is 5.43. The lowest BCUT2D eigenvalue weighted by Gasteiger charge is -2.19. The summed E-state index contributed by atoms with van der Waals surface area (Å²) >= 11 is 0. The number of alkyl halides is 2. The van der Waals surface area contributed by atoms with E-state index in [9.17, 15) is 13.6 Å². The highest BCUT2D eigenvalue weighted by Gasteiger charge is 2.27. The number of ether oxygens (including phenoxy) is 2. The van der Waals surface area contributed by atoms with Gasteiger partial charge in [-0.25, -0.2) is 27.9 Å². The predicted molar refractivity (Wildman–Crippen MR) is 127 cm³/mol. The largest absolute Gasteiger partial charge is 0.497 e. The Kier molecular flexibility index (Phi) is 7.51. The van der Waals surface area contributed by atoms with E-state index in [1.54, 1.807) is 30.3 Å². The van der Waals surface area contributed by atoms with Gasteiger partial charge < -0.3 is 15.2 Å². The lowest BCUT2D eigenvalue weighted by Crippen LogP contribution is -2.18. The van der Waals surface area contributed by atoms with Crippen molar-refractivity contribution in [3.8, 4) is 17.4 Å². The molecule has 0 aliphatic heterocycles. The normalized spacial score (nSPS) is 11.9. The number of aromatic amines is 1. The number of nitrogens with two attached hydrogens (primary N) is 1. The van der Waals surface area contributed by atoms with Crippen LogP contribution in [0.15, 0.2) is 59.7 Å². The summed E-state index contributed by atoms with van der Waals surface area (Å²) in [5, 5.41) is 11.9. The van der Waals surface area contributed by atoms with Gasteiger partial charge in [0.05, 0.1) is 13.0 Å². The van der Waals surface area contributed by atoms with Gasteiger partial charge in [-0.2, -0.15) is 0 Å². The first-order chi connectivity index (χ1) is 17.8. The fourth-order valence-corrected chi connectivity index (χ4v) is 3.67. The lowest BCUT2D eigenvalue weighted by molar-refractivity contribution is 0.0796. The van der Waals surface area contributed by atoms with Crippen LogP contribution in [0.1, 0.15) is 28.4 Å². The molecule has 10 nitrogen and oxygen atoms in total. The van der Waals surface area contributed by atoms with Crippen LogP contribution in [0.2, 0.25) is 0 Å². The highest BCUT2D eigenvalue weighted by molar-refractivity contribution is 5.94. The second kappa shape index (κ2) is 10.9. The highest BCUT2D eigenvalue weighted by atomic mass is 19.3. The second-order valence-corrected chi connectivity index (χ2v) is 7.87. The van der Waals surface area contributed by atoms with Crippen molar-refractivity contribution >= 4 is 5.84 Å². The van der Waals surface area contributed by atoms with Crippen molar-refractivity contribution in [2.24, 2.45) is 5.73 Å². The molecule has 1 atom stereocenters. The van der Waals surface area contributed by atoms with Crippen LogP contribution in [0.3, 0.4) is 0 Å². The molecule has 2 aromatic heterocycles. The summed E-state index contributed by atoms with van der Waals surface area (Å²) in [6, 6.07) is 10.8. The maximum absolute atomic E-state index is 15.7. The fourth-order valence-electron chi connectivity index (χ4n) is 3.67. The molecular weight excluding hydrogens is 491 g/mol. The molecule has 4 N–H and O–H groups in total. The Bertz CT molecular complexity index is 1440. The zero-order chi connectivity index (χ0) is 26.5. The molecular formula is C24H22F3N7O3. The number of methoxy groups -OCH3 is 1. The molecule has 2 aromatic carbocycles. The molecule has 13 heteroatoms. The molecule has 0 amide bonds. The smallest absolute Gasteiger partial charge is 0.350 e. The van der Waals surface area contributed by atoms with E-state index >= 15 is 4.39 Å². The second-order valence-electron chi connectivity index (χ2n) is 7.87. The summed E-state index contributed by atoms with van der Waals surface area (Å²) in [6.07, 6.45) is 0.179. The highest BCUT2D eigenvalue weighted by Crippen LogP contribution is 2.36. The molecule has 0 spiro atoms. The molecule has 2 heterocycles. The van der Waals surface area contributed by atoms with Gasteiger partial charge >= 0.3 is 5.69 Å². The number of aromatic nitrogens is 5. The number of amidine groups is 1. The quantitative estimate of drug-likeness (QED) is 0.218. The minimum absolute atomic E-state index is 0.00543. The number of halogens is 3. The first-order valence-electron chi connectivity index (χ1n) is 10.9. The van der Waals surface area contributed by atoms with Crippen LogP contribution in [0.4, 0.5) is 13.2 Å². The van der Waals surface area contributed by atoms with Crippen molar-refractivity contribution in [1.82, 2.24) is 24.7 Å². The molecule has 1 unspecified atom stereocenters. The molecule has 0 fully saturated rings. The predicted octanol–water partition coefficient (Wildman–Crippen LogP) is 2.80. The molecule has 0 aliphatic rings. The van der Waals surface area contributed by atoms with Crippen LogP contribution in [0, 0.1) is 11.2 Å². The minimum atomic E-state index is -2.82. The summed E-state index contributed by atoms with van der Waals surface area (Å²) in [5.74, 6) is -2.13. The van der Waals surface area contributed by atoms with Crippen molar-refractivity contribution in [2.75, 3.05) is 13.7 Å². The summed E-state index contributed by atoms with van der Waals surface area (Å²) < 4.78 is 52.4. The van der Waals surface area contributed by atoms with Crippen LogP contribution < -0.4 is 20.9 Å². The maximum atomic E-state index is 15.7. The molecule has 0 bridgehead atoms. The molecule has 0 saturated carbocycles. The van der Waals surface area contributed by atoms with E-state index in [0.717, 1.165) is 4.68 Å². The molecule has 37 heavy (non-hydrogen) atoms. The SMILES string of the molecule is COc1cc(OCC(F)F)c(F)c(C(Cc2ccc(C(=N)N)cc2)c2nn(-c3ncccn3)c(=O)[nH]2)c1. The standard InChI is InChI=1S/C24H22F3N7O3/c1-36-15-10-16(20(27)18(11-15)37-12-19(25)26)17(9-13-3-5-14(6-4-13)21(28)29)22-32-24(35)34(33-22)23-30-7-2-8-31-23/h2-8,10-11,17,19H,9,12H2,1H3,(H3,28,29)(H,32,33,35). The van der Waals surface area contributed by atoms with E-state index < -0.39 is 36.2 Å². The third kappa shape index (κ3) is 5.77. The molecule has 0 radical (unpaired) electrons. The van der Waals surface area contributed by atoms with Crippen molar-refractivity contribution in [2.45, 2.75) is 18.8 Å². The van der Waals surface area contributed by atoms with Crippen LogP contribution in [0.5, 0.6) is 11.5 Å². The summed E-state index contributed by atoms with van der Waals surface area (Å²) in [7, 11) is 1.34. The van der Waals surface area contributed by atoms with Gasteiger partial charge in [0.2, 0.25) is 0 Å². The number of nitrogens with zero attached hydrogens (tertiary/aromatic N) is 4. The maximum Gasteiger partial charge on any atom is 0.350 e. The molecule has 4 rings (SSSR count). The van der Waals surface area contributed by atoms with Crippen molar-refractivity contribution in [3.63, 3.8) is 0 Å². The van der Waals surface area contributed by atoms with Gasteiger partial charge in [-0.15, -0.1) is 9.78 Å². The van der Waals surface area contributed by atoms with Crippen LogP contribution in [-0.2, 0) is 6.42 Å². The average molecular weight is 513 g/mol. The van der Waals surface area contributed by atoms with Gasteiger partial charge in [0.1, 0.15) is 24.0 Å². The van der Waals surface area contributed by atoms with Gasteiger partial charge in [-0.3, -0.25) is 10.4 Å². The first kappa shape index (κ1) is 25.4. The first-order valence-corrected chi connectivity index (χ1v) is 10.9. The molecule has 0 aliphatic carbocycles. The zero-order valence-corrected chi connectivity index (χ0v) is 19.5. The lowest BCUT2D eigenvalue weighted by atomic mass is 9.90. The van der Waals surface area contributed by atoms with Crippen molar-refractivity contribution in [3.05, 3.63) is 93.7 Å². The Balaban J connectivity index is 1.83. The number of hydrogen-bond acceptors (Lipinski definition) is 7. The van der Waals surface area contributed by atoms with Crippen LogP contribution in [-0.4, -0.2) is 50.7 Å². The molecule has 192 valence electrons. The Morgan fingerprint density at radius 2 is 1.89 bits per heavy atom. The molecule has 0 saturated heterocycles. The van der Waals surface area contributed by atoms with Crippen LogP contribution in [0.25, 0.3) is 5.95 Å². The van der Waals surface area contributed by atoms with Gasteiger partial charge in [0.25, 0.3) is 12.4 Å². The topological polar surface area (TPSA) is 145 Å². The number of nitrogen functional groups attached to an aromatic ring is 1. The Labute approximate surface area is 208 Å². The van der Waals surface area contributed by atoms with Gasteiger partial charge in [-0.1, -0.05) is 24.3 Å². The monoisotopic (exact) mass is 513 g/mol. The summed E-state index contributed by atoms with van der Waals surface area (Å²) in [4.78, 5) is 23.4. The summed E-state index contributed by atoms with van der Waals surface area (Å²) in [6.45, 7) is -1.02. The molecule has 4 aromatic rings. The number of nitrogens with one attached hydrogen (secondary N) is 2.